The third-order valence-corrected chi connectivity index (χ3v) is 4.94. The highest BCUT2D eigenvalue weighted by Gasteiger charge is 2.11. The van der Waals surface area contributed by atoms with E-state index in [1.54, 1.807) is 0 Å². The first kappa shape index (κ1) is 17.9. The molecule has 4 nitrogen and oxygen atoms in total. The number of hydrogen-bond acceptors (Lipinski definition) is 3. The Bertz CT molecular complexity index is 800. The van der Waals surface area contributed by atoms with Gasteiger partial charge in [-0.25, -0.2) is 0 Å². The van der Waals surface area contributed by atoms with E-state index in [-0.39, 0.29) is 0 Å². The van der Waals surface area contributed by atoms with Crippen molar-refractivity contribution in [2.45, 2.75) is 25.9 Å². The molecule has 1 unspecified atom stereocenters. The summed E-state index contributed by atoms with van der Waals surface area (Å²) in [5, 5.41) is 8.10. The van der Waals surface area contributed by atoms with Crippen molar-refractivity contribution in [2.75, 3.05) is 0 Å². The Morgan fingerprint density at radius 1 is 1.08 bits per heavy atom. The van der Waals surface area contributed by atoms with Crippen LogP contribution in [-0.4, -0.2) is 9.78 Å². The summed E-state index contributed by atoms with van der Waals surface area (Å²) in [5.41, 5.74) is 2.35. The second-order valence-electron chi connectivity index (χ2n) is 5.92. The Kier molecular flexibility index (Phi) is 6.09. The summed E-state index contributed by atoms with van der Waals surface area (Å²) >= 11 is 2.33. The molecular formula is C20H22IN3O. The number of halogens is 1. The predicted molar refractivity (Wildman–Crippen MR) is 109 cm³/mol. The standard InChI is InChI=1S/C20H22IN3O/c1-3-19(22-13-20-18(21)14-24(2)23-20)15-9-11-17(12-10-15)25-16-7-5-4-6-8-16/h4-12,14,19,22H,3,13H2,1-2H3. The molecule has 0 bridgehead atoms. The highest BCUT2D eigenvalue weighted by molar-refractivity contribution is 14.1. The molecule has 0 saturated heterocycles. The van der Waals surface area contributed by atoms with Crippen LogP contribution in [0.1, 0.15) is 30.6 Å². The Morgan fingerprint density at radius 3 is 2.36 bits per heavy atom. The first-order valence-corrected chi connectivity index (χ1v) is 9.48. The van der Waals surface area contributed by atoms with Gasteiger partial charge in [-0.3, -0.25) is 4.68 Å². The third kappa shape index (κ3) is 4.83. The van der Waals surface area contributed by atoms with E-state index < -0.39 is 0 Å². The molecule has 0 aliphatic heterocycles. The minimum atomic E-state index is 0.295. The maximum absolute atomic E-state index is 5.86. The van der Waals surface area contributed by atoms with Gasteiger partial charge in [0, 0.05) is 25.8 Å². The Morgan fingerprint density at radius 2 is 1.76 bits per heavy atom. The van der Waals surface area contributed by atoms with Crippen LogP contribution in [0.5, 0.6) is 11.5 Å². The van der Waals surface area contributed by atoms with E-state index in [9.17, 15) is 0 Å². The molecular weight excluding hydrogens is 425 g/mol. The van der Waals surface area contributed by atoms with Crippen LogP contribution < -0.4 is 10.1 Å². The molecule has 25 heavy (non-hydrogen) atoms. The molecule has 0 fully saturated rings. The molecule has 0 aliphatic carbocycles. The van der Waals surface area contributed by atoms with E-state index in [0.29, 0.717) is 6.04 Å². The van der Waals surface area contributed by atoms with Gasteiger partial charge in [-0.2, -0.15) is 5.10 Å². The fourth-order valence-corrected chi connectivity index (χ4v) is 3.44. The van der Waals surface area contributed by atoms with E-state index in [1.165, 1.54) is 9.13 Å². The highest BCUT2D eigenvalue weighted by atomic mass is 127. The van der Waals surface area contributed by atoms with Crippen LogP contribution in [-0.2, 0) is 13.6 Å². The average molecular weight is 447 g/mol. The van der Waals surface area contributed by atoms with Gasteiger partial charge < -0.3 is 10.1 Å². The lowest BCUT2D eigenvalue weighted by molar-refractivity contribution is 0.480. The molecule has 3 rings (SSSR count). The fourth-order valence-electron chi connectivity index (χ4n) is 2.74. The summed E-state index contributed by atoms with van der Waals surface area (Å²) in [4.78, 5) is 0. The van der Waals surface area contributed by atoms with Crippen LogP contribution in [0.15, 0.2) is 60.8 Å². The summed E-state index contributed by atoms with van der Waals surface area (Å²) in [7, 11) is 1.95. The molecule has 0 radical (unpaired) electrons. The summed E-state index contributed by atoms with van der Waals surface area (Å²) in [6.45, 7) is 2.95. The Balaban J connectivity index is 1.63. The van der Waals surface area contributed by atoms with E-state index in [2.05, 4.69) is 52.1 Å². The van der Waals surface area contributed by atoms with Crippen LogP contribution in [0.3, 0.4) is 0 Å². The molecule has 3 aromatic rings. The van der Waals surface area contributed by atoms with Gasteiger partial charge in [0.15, 0.2) is 0 Å². The molecule has 1 heterocycles. The quantitative estimate of drug-likeness (QED) is 0.515. The van der Waals surface area contributed by atoms with Crippen LogP contribution >= 0.6 is 22.6 Å². The maximum atomic E-state index is 5.86. The molecule has 5 heteroatoms. The van der Waals surface area contributed by atoms with Crippen molar-refractivity contribution in [3.8, 4) is 11.5 Å². The van der Waals surface area contributed by atoms with Crippen molar-refractivity contribution in [1.82, 2.24) is 15.1 Å². The smallest absolute Gasteiger partial charge is 0.127 e. The molecule has 2 aromatic carbocycles. The molecule has 0 aliphatic rings. The normalized spacial score (nSPS) is 12.1. The summed E-state index contributed by atoms with van der Waals surface area (Å²) in [6.07, 6.45) is 3.05. The number of rotatable bonds is 7. The van der Waals surface area contributed by atoms with Crippen LogP contribution in [0.25, 0.3) is 0 Å². The van der Waals surface area contributed by atoms with Gasteiger partial charge in [-0.15, -0.1) is 0 Å². The molecule has 130 valence electrons. The van der Waals surface area contributed by atoms with Crippen LogP contribution in [0.2, 0.25) is 0 Å². The molecule has 1 aromatic heterocycles. The second kappa shape index (κ2) is 8.49. The Hall–Kier alpha value is -1.86. The van der Waals surface area contributed by atoms with Crippen molar-refractivity contribution in [3.63, 3.8) is 0 Å². The van der Waals surface area contributed by atoms with E-state index in [4.69, 9.17) is 4.74 Å². The molecule has 1 N–H and O–H groups in total. The van der Waals surface area contributed by atoms with Crippen molar-refractivity contribution < 1.29 is 4.74 Å². The number of ether oxygens (including phenoxy) is 1. The average Bonchev–Trinajstić information content (AvgIpc) is 2.95. The monoisotopic (exact) mass is 447 g/mol. The minimum absolute atomic E-state index is 0.295. The van der Waals surface area contributed by atoms with Gasteiger partial charge in [0.1, 0.15) is 11.5 Å². The topological polar surface area (TPSA) is 39.1 Å². The van der Waals surface area contributed by atoms with E-state index in [0.717, 1.165) is 30.2 Å². The van der Waals surface area contributed by atoms with Crippen LogP contribution in [0.4, 0.5) is 0 Å². The van der Waals surface area contributed by atoms with Gasteiger partial charge >= 0.3 is 0 Å². The minimum Gasteiger partial charge on any atom is -0.457 e. The number of hydrogen-bond donors (Lipinski definition) is 1. The number of benzene rings is 2. The zero-order valence-corrected chi connectivity index (χ0v) is 16.6. The summed E-state index contributed by atoms with van der Waals surface area (Å²) in [6, 6.07) is 18.4. The molecule has 0 saturated carbocycles. The zero-order chi connectivity index (χ0) is 17.6. The SMILES string of the molecule is CCC(NCc1nn(C)cc1I)c1ccc(Oc2ccccc2)cc1. The number of para-hydroxylation sites is 1. The molecule has 1 atom stereocenters. The second-order valence-corrected chi connectivity index (χ2v) is 7.09. The lowest BCUT2D eigenvalue weighted by Crippen LogP contribution is -2.21. The third-order valence-electron chi connectivity index (χ3n) is 4.04. The largest absolute Gasteiger partial charge is 0.457 e. The Labute approximate surface area is 162 Å². The van der Waals surface area contributed by atoms with Gasteiger partial charge in [0.25, 0.3) is 0 Å². The summed E-state index contributed by atoms with van der Waals surface area (Å²) in [5.74, 6) is 1.70. The number of nitrogens with zero attached hydrogens (tertiary/aromatic N) is 2. The lowest BCUT2D eigenvalue weighted by Gasteiger charge is -2.17. The van der Waals surface area contributed by atoms with Crippen LogP contribution in [0, 0.1) is 3.57 Å². The lowest BCUT2D eigenvalue weighted by atomic mass is 10.0. The van der Waals surface area contributed by atoms with E-state index in [1.807, 2.05) is 60.4 Å². The first-order chi connectivity index (χ1) is 12.2. The van der Waals surface area contributed by atoms with Crippen molar-refractivity contribution >= 4 is 22.6 Å². The molecule has 0 amide bonds. The van der Waals surface area contributed by atoms with Gasteiger partial charge in [-0.05, 0) is 58.8 Å². The fraction of sp³-hybridized carbons (Fsp3) is 0.250. The highest BCUT2D eigenvalue weighted by Crippen LogP contribution is 2.24. The van der Waals surface area contributed by atoms with Gasteiger partial charge in [0.05, 0.1) is 9.26 Å². The summed E-state index contributed by atoms with van der Waals surface area (Å²) < 4.78 is 8.91. The van der Waals surface area contributed by atoms with E-state index >= 15 is 0 Å². The molecule has 0 spiro atoms. The zero-order valence-electron chi connectivity index (χ0n) is 14.4. The maximum Gasteiger partial charge on any atom is 0.127 e. The first-order valence-electron chi connectivity index (χ1n) is 8.40. The van der Waals surface area contributed by atoms with Crippen molar-refractivity contribution in [1.29, 1.82) is 0 Å². The number of aryl methyl sites for hydroxylation is 1. The van der Waals surface area contributed by atoms with Gasteiger partial charge in [0.2, 0.25) is 0 Å². The van der Waals surface area contributed by atoms with Gasteiger partial charge in [-0.1, -0.05) is 37.3 Å². The van der Waals surface area contributed by atoms with Crippen molar-refractivity contribution in [3.05, 3.63) is 75.6 Å². The number of nitrogens with one attached hydrogen (secondary N) is 1. The number of aromatic nitrogens is 2. The predicted octanol–water partition coefficient (Wildman–Crippen LogP) is 5.06. The van der Waals surface area contributed by atoms with Crippen molar-refractivity contribution in [2.24, 2.45) is 7.05 Å².